The summed E-state index contributed by atoms with van der Waals surface area (Å²) in [6.45, 7) is 6.75. The lowest BCUT2D eigenvalue weighted by molar-refractivity contribution is -0.0297. The van der Waals surface area contributed by atoms with E-state index in [0.29, 0.717) is 17.0 Å². The molecule has 0 spiro atoms. The Hall–Kier alpha value is -2.36. The number of hydrogen-bond donors (Lipinski definition) is 2. The molecule has 4 aliphatic rings. The zero-order valence-corrected chi connectivity index (χ0v) is 24.3. The smallest absolute Gasteiger partial charge is 0.462 e. The highest BCUT2D eigenvalue weighted by Crippen LogP contribution is 2.48. The third-order valence-corrected chi connectivity index (χ3v) is 10.1. The predicted octanol–water partition coefficient (Wildman–Crippen LogP) is 5.47. The molecule has 7 nitrogen and oxygen atoms in total. The first-order valence-corrected chi connectivity index (χ1v) is 15.5. The monoisotopic (exact) mass is 550 g/mol. The van der Waals surface area contributed by atoms with Crippen molar-refractivity contribution < 1.29 is 23.0 Å². The van der Waals surface area contributed by atoms with Crippen LogP contribution in [-0.4, -0.2) is 36.2 Å². The molecule has 2 amide bonds. The van der Waals surface area contributed by atoms with Gasteiger partial charge in [0, 0.05) is 12.0 Å². The highest BCUT2D eigenvalue weighted by molar-refractivity contribution is 7.83. The minimum atomic E-state index is -1.73. The number of fused-ring (bicyclic) bond motifs is 3. The largest absolute Gasteiger partial charge is 0.496 e. The van der Waals surface area contributed by atoms with Crippen molar-refractivity contribution in [3.63, 3.8) is 0 Å². The first-order valence-electron chi connectivity index (χ1n) is 14.3. The summed E-state index contributed by atoms with van der Waals surface area (Å²) in [7, 11) is -0.484. The quantitative estimate of drug-likeness (QED) is 0.466. The van der Waals surface area contributed by atoms with Crippen molar-refractivity contribution in [2.75, 3.05) is 12.4 Å². The lowest BCUT2D eigenvalue weighted by Gasteiger charge is -2.43. The maximum absolute atomic E-state index is 13.1. The summed E-state index contributed by atoms with van der Waals surface area (Å²) in [4.78, 5) is 13.4. The topological polar surface area (TPSA) is 85.9 Å². The van der Waals surface area contributed by atoms with E-state index >= 15 is 0 Å². The highest BCUT2D eigenvalue weighted by atomic mass is 32.2. The number of anilines is 1. The van der Waals surface area contributed by atoms with Gasteiger partial charge in [-0.2, -0.15) is 0 Å². The molecule has 2 fully saturated rings. The number of methoxy groups -OCH3 is 1. The van der Waals surface area contributed by atoms with Crippen LogP contribution in [0.2, 0.25) is 0 Å². The molecule has 0 bridgehead atoms. The molecule has 208 valence electrons. The van der Waals surface area contributed by atoms with Crippen molar-refractivity contribution in [2.45, 2.75) is 101 Å². The van der Waals surface area contributed by atoms with Crippen molar-refractivity contribution in [3.8, 4) is 5.75 Å². The van der Waals surface area contributed by atoms with E-state index in [-0.39, 0.29) is 24.2 Å². The minimum Gasteiger partial charge on any atom is -0.496 e. The Labute approximate surface area is 234 Å². The molecule has 3 aliphatic carbocycles. The summed E-state index contributed by atoms with van der Waals surface area (Å²) in [6, 6.07) is 7.28. The van der Waals surface area contributed by atoms with Crippen molar-refractivity contribution >= 4 is 29.8 Å². The number of nitrogens with one attached hydrogen (secondary N) is 2. The van der Waals surface area contributed by atoms with Gasteiger partial charge >= 0.3 is 13.1 Å². The van der Waals surface area contributed by atoms with Crippen LogP contribution in [0.25, 0.3) is 0 Å². The van der Waals surface area contributed by atoms with Crippen LogP contribution in [0, 0.1) is 5.41 Å². The number of amides is 2. The first kappa shape index (κ1) is 26.8. The van der Waals surface area contributed by atoms with Crippen LogP contribution >= 0.6 is 0 Å². The third-order valence-electron chi connectivity index (χ3n) is 9.07. The number of aryl methyl sites for hydroxylation is 2. The Kier molecular flexibility index (Phi) is 7.05. The normalized spacial score (nSPS) is 25.5. The second-order valence-corrected chi connectivity index (χ2v) is 13.8. The fourth-order valence-corrected chi connectivity index (χ4v) is 8.09. The van der Waals surface area contributed by atoms with Crippen LogP contribution in [0.4, 0.5) is 10.5 Å². The second kappa shape index (κ2) is 10.2. The van der Waals surface area contributed by atoms with Gasteiger partial charge in [-0.05, 0) is 110 Å². The van der Waals surface area contributed by atoms with E-state index in [4.69, 9.17) is 14.0 Å². The van der Waals surface area contributed by atoms with Gasteiger partial charge in [0.25, 0.3) is 0 Å². The Morgan fingerprint density at radius 1 is 1.10 bits per heavy atom. The standard InChI is InChI=1S/C30H39BN2O5S/c1-29(2)14-13-26-30(3,18-29)38-31(37-26)17-21-11-12-22(16-25(21)36-4)39(35)33-28(34)32-27-23-9-5-7-19(23)15-20-8-6-10-24(20)27/h11-12,15-16,26H,5-10,13-14,17-18H2,1-4H3,(H2,32,33,34). The Balaban J connectivity index is 1.12. The zero-order valence-electron chi connectivity index (χ0n) is 23.5. The molecular formula is C30H39BN2O5S. The van der Waals surface area contributed by atoms with Crippen LogP contribution in [0.3, 0.4) is 0 Å². The molecule has 0 radical (unpaired) electrons. The molecule has 3 unspecified atom stereocenters. The Bertz CT molecular complexity index is 1300. The van der Waals surface area contributed by atoms with Crippen LogP contribution < -0.4 is 14.8 Å². The molecule has 1 saturated carbocycles. The number of carbonyl (C=O) groups excluding carboxylic acids is 1. The summed E-state index contributed by atoms with van der Waals surface area (Å²) >= 11 is 0. The van der Waals surface area contributed by atoms with E-state index in [1.54, 1.807) is 19.2 Å². The predicted molar refractivity (Wildman–Crippen MR) is 154 cm³/mol. The van der Waals surface area contributed by atoms with Crippen molar-refractivity contribution in [3.05, 3.63) is 52.1 Å². The van der Waals surface area contributed by atoms with E-state index in [2.05, 4.69) is 36.9 Å². The minimum absolute atomic E-state index is 0.100. The van der Waals surface area contributed by atoms with Gasteiger partial charge in [0.1, 0.15) is 5.75 Å². The zero-order chi connectivity index (χ0) is 27.4. The number of carbonyl (C=O) groups is 1. The molecule has 9 heteroatoms. The van der Waals surface area contributed by atoms with Gasteiger partial charge in [-0.1, -0.05) is 26.0 Å². The van der Waals surface area contributed by atoms with Gasteiger partial charge in [-0.15, -0.1) is 0 Å². The molecule has 0 aromatic heterocycles. The lowest BCUT2D eigenvalue weighted by Crippen LogP contribution is -2.45. The molecule has 1 saturated heterocycles. The van der Waals surface area contributed by atoms with Crippen LogP contribution in [0.1, 0.15) is 80.7 Å². The van der Waals surface area contributed by atoms with Gasteiger partial charge in [-0.3, -0.25) is 4.72 Å². The molecule has 1 aliphatic heterocycles. The van der Waals surface area contributed by atoms with Gasteiger partial charge in [0.05, 0.1) is 23.7 Å². The van der Waals surface area contributed by atoms with Crippen molar-refractivity contribution in [1.29, 1.82) is 0 Å². The fourth-order valence-electron chi connectivity index (χ4n) is 7.35. The van der Waals surface area contributed by atoms with Gasteiger partial charge in [-0.25, -0.2) is 9.00 Å². The molecule has 6 rings (SSSR count). The van der Waals surface area contributed by atoms with Gasteiger partial charge in [0.15, 0.2) is 11.0 Å². The molecular weight excluding hydrogens is 511 g/mol. The molecule has 1 heterocycles. The fraction of sp³-hybridized carbons (Fsp3) is 0.567. The van der Waals surface area contributed by atoms with Gasteiger partial charge < -0.3 is 19.4 Å². The summed E-state index contributed by atoms with van der Waals surface area (Å²) < 4.78 is 34.2. The van der Waals surface area contributed by atoms with E-state index < -0.39 is 17.0 Å². The summed E-state index contributed by atoms with van der Waals surface area (Å²) in [6.07, 6.45) is 10.0. The second-order valence-electron chi connectivity index (χ2n) is 12.6. The average Bonchev–Trinajstić information content (AvgIpc) is 3.61. The summed E-state index contributed by atoms with van der Waals surface area (Å²) in [5.74, 6) is 0.606. The van der Waals surface area contributed by atoms with E-state index in [1.807, 2.05) is 6.07 Å². The summed E-state index contributed by atoms with van der Waals surface area (Å²) in [5.41, 5.74) is 7.01. The van der Waals surface area contributed by atoms with Gasteiger partial charge in [0.2, 0.25) is 0 Å². The summed E-state index contributed by atoms with van der Waals surface area (Å²) in [5, 5.41) is 3.06. The van der Waals surface area contributed by atoms with E-state index in [9.17, 15) is 9.00 Å². The Morgan fingerprint density at radius 3 is 2.51 bits per heavy atom. The average molecular weight is 551 g/mol. The molecule has 2 aromatic carbocycles. The molecule has 39 heavy (non-hydrogen) atoms. The van der Waals surface area contributed by atoms with E-state index in [1.165, 1.54) is 22.3 Å². The first-order chi connectivity index (χ1) is 18.6. The maximum atomic E-state index is 13.1. The molecule has 2 aromatic rings. The number of hydrogen-bond acceptors (Lipinski definition) is 5. The van der Waals surface area contributed by atoms with Crippen LogP contribution in [0.5, 0.6) is 5.75 Å². The van der Waals surface area contributed by atoms with Crippen LogP contribution in [0.15, 0.2) is 29.2 Å². The van der Waals surface area contributed by atoms with Crippen LogP contribution in [-0.2, 0) is 52.3 Å². The number of ether oxygens (including phenoxy) is 1. The van der Waals surface area contributed by atoms with Crippen molar-refractivity contribution in [2.24, 2.45) is 5.41 Å². The highest BCUT2D eigenvalue weighted by Gasteiger charge is 2.53. The Morgan fingerprint density at radius 2 is 1.82 bits per heavy atom. The number of benzene rings is 2. The van der Waals surface area contributed by atoms with E-state index in [0.717, 1.165) is 69.0 Å². The number of rotatable bonds is 6. The maximum Gasteiger partial charge on any atom is 0.462 e. The molecule has 2 N–H and O–H groups in total. The molecule has 3 atom stereocenters. The SMILES string of the molecule is COc1cc(S(=O)NC(=O)Nc2c3c(cc4c2CCC4)CCC3)ccc1CB1OC2CCC(C)(C)CC2(C)O1. The van der Waals surface area contributed by atoms with Crippen molar-refractivity contribution in [1.82, 2.24) is 4.72 Å². The number of urea groups is 1. The third kappa shape index (κ3) is 5.25. The lowest BCUT2D eigenvalue weighted by atomic mass is 9.69.